The summed E-state index contributed by atoms with van der Waals surface area (Å²) in [6, 6.07) is 21.5. The van der Waals surface area contributed by atoms with Crippen molar-refractivity contribution in [2.75, 3.05) is 5.73 Å². The Bertz CT molecular complexity index is 1320. The molecular formula is C23H21N3O6P+. The zero-order valence-corrected chi connectivity index (χ0v) is 18.3. The maximum atomic E-state index is 12.5. The number of carbonyl (C=O) groups excluding carboxylic acids is 1. The molecule has 0 aliphatic carbocycles. The van der Waals surface area contributed by atoms with Crippen LogP contribution in [0.25, 0.3) is 11.3 Å². The molecule has 4 aromatic rings. The van der Waals surface area contributed by atoms with Gasteiger partial charge in [-0.3, -0.25) is 10.5 Å². The van der Waals surface area contributed by atoms with Crippen LogP contribution >= 0.6 is 7.82 Å². The molecule has 2 aromatic carbocycles. The molecule has 33 heavy (non-hydrogen) atoms. The molecule has 9 nitrogen and oxygen atoms in total. The number of anilines is 1. The second-order valence-electron chi connectivity index (χ2n) is 7.28. The summed E-state index contributed by atoms with van der Waals surface area (Å²) in [7, 11) is -4.63. The lowest BCUT2D eigenvalue weighted by Crippen LogP contribution is -2.38. The molecule has 0 spiro atoms. The van der Waals surface area contributed by atoms with Crippen molar-refractivity contribution in [3.8, 4) is 11.3 Å². The lowest BCUT2D eigenvalue weighted by Gasteiger charge is -2.07. The molecule has 0 fully saturated rings. The molecule has 0 radical (unpaired) electrons. The summed E-state index contributed by atoms with van der Waals surface area (Å²) in [5.41, 5.74) is 9.46. The van der Waals surface area contributed by atoms with E-state index in [1.54, 1.807) is 42.5 Å². The van der Waals surface area contributed by atoms with Crippen LogP contribution in [0, 0.1) is 0 Å². The number of nitrogens with zero attached hydrogens (tertiary/aromatic N) is 2. The number of rotatable bonds is 8. The fraction of sp³-hybridized carbons (Fsp3) is 0.0870. The Kier molecular flexibility index (Phi) is 6.48. The minimum atomic E-state index is -4.63. The molecule has 10 heteroatoms. The van der Waals surface area contributed by atoms with Gasteiger partial charge in [-0.1, -0.05) is 59.8 Å². The van der Waals surface area contributed by atoms with E-state index in [9.17, 15) is 9.36 Å². The summed E-state index contributed by atoms with van der Waals surface area (Å²) < 4.78 is 22.2. The molecule has 0 saturated heterocycles. The number of benzene rings is 2. The van der Waals surface area contributed by atoms with Crippen molar-refractivity contribution in [2.24, 2.45) is 0 Å². The summed E-state index contributed by atoms with van der Waals surface area (Å²) in [6.45, 7) is -0.418. The number of hydrogen-bond acceptors (Lipinski definition) is 6. The quantitative estimate of drug-likeness (QED) is 0.204. The van der Waals surface area contributed by atoms with Gasteiger partial charge in [0.2, 0.25) is 6.73 Å². The van der Waals surface area contributed by atoms with E-state index in [4.69, 9.17) is 20.0 Å². The first-order valence-electron chi connectivity index (χ1n) is 9.93. The fourth-order valence-corrected chi connectivity index (χ4v) is 3.56. The largest absolute Gasteiger partial charge is 0.472 e. The minimum absolute atomic E-state index is 0.0403. The molecule has 168 valence electrons. The molecule has 0 atom stereocenters. The number of aromatic nitrogens is 2. The molecule has 0 aliphatic rings. The summed E-state index contributed by atoms with van der Waals surface area (Å²) in [5.74, 6) is 0.572. The second-order valence-corrected chi connectivity index (χ2v) is 8.52. The molecule has 2 aromatic heterocycles. The van der Waals surface area contributed by atoms with E-state index in [1.807, 2.05) is 30.3 Å². The Balaban J connectivity index is 1.47. The van der Waals surface area contributed by atoms with Crippen LogP contribution in [-0.4, -0.2) is 20.7 Å². The predicted octanol–water partition coefficient (Wildman–Crippen LogP) is 3.10. The van der Waals surface area contributed by atoms with Crippen molar-refractivity contribution in [3.63, 3.8) is 0 Å². The number of pyridine rings is 1. The number of nitrogens with two attached hydrogens (primary N) is 1. The van der Waals surface area contributed by atoms with E-state index < -0.39 is 14.6 Å². The predicted molar refractivity (Wildman–Crippen MR) is 119 cm³/mol. The van der Waals surface area contributed by atoms with E-state index in [-0.39, 0.29) is 11.6 Å². The van der Waals surface area contributed by atoms with Gasteiger partial charge in [0.1, 0.15) is 5.56 Å². The molecule has 0 saturated carbocycles. The van der Waals surface area contributed by atoms with Gasteiger partial charge in [0.15, 0.2) is 11.5 Å². The SMILES string of the molecule is Nc1c(-c2cc(Cc3ccc(C(=O)c4ccccc4)cc3)no2)ccc[n+]1COP(=O)(O)O. The normalized spacial score (nSPS) is 11.5. The van der Waals surface area contributed by atoms with Gasteiger partial charge in [0, 0.05) is 23.6 Å². The Morgan fingerprint density at radius 1 is 1.03 bits per heavy atom. The van der Waals surface area contributed by atoms with Crippen LogP contribution in [-0.2, 0) is 22.2 Å². The summed E-state index contributed by atoms with van der Waals surface area (Å²) in [5, 5.41) is 4.09. The molecule has 0 aliphatic heterocycles. The average Bonchev–Trinajstić information content (AvgIpc) is 3.26. The van der Waals surface area contributed by atoms with E-state index in [0.29, 0.717) is 34.6 Å². The molecule has 0 unspecified atom stereocenters. The second kappa shape index (κ2) is 9.48. The smallest absolute Gasteiger partial charge is 0.356 e. The Labute approximate surface area is 189 Å². The maximum absolute atomic E-state index is 12.5. The first-order valence-corrected chi connectivity index (χ1v) is 11.5. The Morgan fingerprint density at radius 2 is 1.73 bits per heavy atom. The first-order chi connectivity index (χ1) is 15.8. The highest BCUT2D eigenvalue weighted by Gasteiger charge is 2.20. The van der Waals surface area contributed by atoms with Gasteiger partial charge in [-0.15, -0.1) is 0 Å². The summed E-state index contributed by atoms with van der Waals surface area (Å²) in [4.78, 5) is 30.3. The van der Waals surface area contributed by atoms with Gasteiger partial charge in [-0.2, -0.15) is 0 Å². The van der Waals surface area contributed by atoms with Crippen molar-refractivity contribution < 1.29 is 32.8 Å². The van der Waals surface area contributed by atoms with Gasteiger partial charge in [0.25, 0.3) is 5.82 Å². The van der Waals surface area contributed by atoms with Crippen molar-refractivity contribution in [1.82, 2.24) is 5.16 Å². The number of nitrogen functional groups attached to an aromatic ring is 1. The third-order valence-corrected chi connectivity index (χ3v) is 5.39. The Hall–Kier alpha value is -3.62. The molecule has 4 rings (SSSR count). The van der Waals surface area contributed by atoms with E-state index in [2.05, 4.69) is 9.68 Å². The van der Waals surface area contributed by atoms with E-state index >= 15 is 0 Å². The van der Waals surface area contributed by atoms with Gasteiger partial charge >= 0.3 is 7.82 Å². The summed E-state index contributed by atoms with van der Waals surface area (Å²) in [6.07, 6.45) is 2.02. The highest BCUT2D eigenvalue weighted by atomic mass is 31.2. The fourth-order valence-electron chi connectivity index (χ4n) is 3.28. The van der Waals surface area contributed by atoms with Crippen LogP contribution in [0.5, 0.6) is 0 Å². The van der Waals surface area contributed by atoms with Gasteiger partial charge in [0.05, 0.1) is 11.9 Å². The van der Waals surface area contributed by atoms with Crippen LogP contribution < -0.4 is 10.3 Å². The lowest BCUT2D eigenvalue weighted by molar-refractivity contribution is -0.711. The summed E-state index contributed by atoms with van der Waals surface area (Å²) >= 11 is 0. The number of phosphoric ester groups is 1. The third kappa shape index (κ3) is 5.60. The third-order valence-electron chi connectivity index (χ3n) is 4.94. The van der Waals surface area contributed by atoms with Crippen molar-refractivity contribution >= 4 is 19.4 Å². The number of ketones is 1. The average molecular weight is 466 g/mol. The topological polar surface area (TPSA) is 140 Å². The lowest BCUT2D eigenvalue weighted by atomic mass is 10.0. The maximum Gasteiger partial charge on any atom is 0.472 e. The standard InChI is InChI=1S/C23H20N3O6P/c24-23-20(7-4-12-26(23)15-31-33(28,29)30)21-14-19(25-32-21)13-16-8-10-18(11-9-16)22(27)17-5-2-1-3-6-17/h1-12,14,24H,13,15H2,(H2,28,29,30)/p+1. The molecule has 0 amide bonds. The minimum Gasteiger partial charge on any atom is -0.356 e. The van der Waals surface area contributed by atoms with Crippen molar-refractivity contribution in [3.05, 3.63) is 101 Å². The van der Waals surface area contributed by atoms with Gasteiger partial charge in [-0.05, 0) is 17.7 Å². The van der Waals surface area contributed by atoms with Crippen LogP contribution in [0.1, 0.15) is 27.2 Å². The molecular weight excluding hydrogens is 445 g/mol. The molecule has 0 bridgehead atoms. The van der Waals surface area contributed by atoms with Crippen LogP contribution in [0.2, 0.25) is 0 Å². The molecule has 2 heterocycles. The van der Waals surface area contributed by atoms with Crippen LogP contribution in [0.4, 0.5) is 5.82 Å². The Morgan fingerprint density at radius 3 is 2.42 bits per heavy atom. The van der Waals surface area contributed by atoms with Gasteiger partial charge in [-0.25, -0.2) is 13.7 Å². The van der Waals surface area contributed by atoms with E-state index in [0.717, 1.165) is 5.56 Å². The molecule has 4 N–H and O–H groups in total. The highest BCUT2D eigenvalue weighted by Crippen LogP contribution is 2.35. The first kappa shape index (κ1) is 22.6. The van der Waals surface area contributed by atoms with Crippen molar-refractivity contribution in [1.29, 1.82) is 0 Å². The monoisotopic (exact) mass is 466 g/mol. The number of carbonyl (C=O) groups is 1. The number of hydrogen-bond donors (Lipinski definition) is 3. The zero-order chi connectivity index (χ0) is 23.4. The van der Waals surface area contributed by atoms with Crippen LogP contribution in [0.15, 0.2) is 83.5 Å². The number of phosphoric acid groups is 1. The zero-order valence-electron chi connectivity index (χ0n) is 17.4. The van der Waals surface area contributed by atoms with Crippen molar-refractivity contribution in [2.45, 2.75) is 13.2 Å². The van der Waals surface area contributed by atoms with Gasteiger partial charge < -0.3 is 14.3 Å². The highest BCUT2D eigenvalue weighted by molar-refractivity contribution is 7.46. The van der Waals surface area contributed by atoms with E-state index in [1.165, 1.54) is 10.8 Å². The van der Waals surface area contributed by atoms with Crippen LogP contribution in [0.3, 0.4) is 0 Å².